The van der Waals surface area contributed by atoms with Gasteiger partial charge in [0.1, 0.15) is 0 Å². The van der Waals surface area contributed by atoms with Gasteiger partial charge in [-0.15, -0.1) is 11.8 Å². The van der Waals surface area contributed by atoms with Crippen LogP contribution in [-0.2, 0) is 0 Å². The summed E-state index contributed by atoms with van der Waals surface area (Å²) in [5.41, 5.74) is 1.41. The van der Waals surface area contributed by atoms with E-state index in [0.29, 0.717) is 17.1 Å². The average molecular weight is 194 g/mol. The van der Waals surface area contributed by atoms with Crippen molar-refractivity contribution in [3.05, 3.63) is 35.9 Å². The van der Waals surface area contributed by atoms with E-state index in [0.717, 1.165) is 6.42 Å². The van der Waals surface area contributed by atoms with E-state index < -0.39 is 0 Å². The minimum atomic E-state index is 0.327. The highest BCUT2D eigenvalue weighted by molar-refractivity contribution is 8.00. The lowest BCUT2D eigenvalue weighted by atomic mass is 10.1. The van der Waals surface area contributed by atoms with Crippen LogP contribution >= 0.6 is 11.8 Å². The quantitative estimate of drug-likeness (QED) is 0.781. The van der Waals surface area contributed by atoms with E-state index in [9.17, 15) is 0 Å². The van der Waals surface area contributed by atoms with E-state index in [4.69, 9.17) is 5.11 Å². The minimum absolute atomic E-state index is 0.327. The second-order valence-electron chi connectivity index (χ2n) is 3.42. The van der Waals surface area contributed by atoms with Gasteiger partial charge in [0.15, 0.2) is 0 Å². The Morgan fingerprint density at radius 1 is 1.23 bits per heavy atom. The van der Waals surface area contributed by atoms with Crippen molar-refractivity contribution in [2.24, 2.45) is 0 Å². The third-order valence-electron chi connectivity index (χ3n) is 2.48. The first-order valence-electron chi connectivity index (χ1n) is 4.71. The second-order valence-corrected chi connectivity index (χ2v) is 4.93. The van der Waals surface area contributed by atoms with Gasteiger partial charge in [0.2, 0.25) is 0 Å². The Kier molecular flexibility index (Phi) is 2.91. The van der Waals surface area contributed by atoms with Crippen LogP contribution in [0.2, 0.25) is 0 Å². The van der Waals surface area contributed by atoms with Crippen molar-refractivity contribution >= 4 is 11.8 Å². The number of aliphatic hydroxyl groups is 1. The molecule has 1 fully saturated rings. The molecular formula is C11H14OS. The molecule has 0 saturated carbocycles. The molecule has 0 spiro atoms. The average Bonchev–Trinajstić information content (AvgIpc) is 2.67. The molecule has 1 N–H and O–H groups in total. The maximum absolute atomic E-state index is 9.01. The molecule has 0 bridgehead atoms. The monoisotopic (exact) mass is 194 g/mol. The normalized spacial score (nSPS) is 27.8. The van der Waals surface area contributed by atoms with Crippen LogP contribution in [0.1, 0.15) is 23.7 Å². The minimum Gasteiger partial charge on any atom is -0.395 e. The second kappa shape index (κ2) is 4.16. The summed E-state index contributed by atoms with van der Waals surface area (Å²) >= 11 is 1.91. The summed E-state index contributed by atoms with van der Waals surface area (Å²) in [5.74, 6) is 0. The molecule has 0 aromatic heterocycles. The van der Waals surface area contributed by atoms with E-state index in [1.165, 1.54) is 12.0 Å². The SMILES string of the molecule is OC[C@@H]1CCC(c2ccccc2)S1. The number of hydrogen-bond acceptors (Lipinski definition) is 2. The van der Waals surface area contributed by atoms with Gasteiger partial charge in [-0.3, -0.25) is 0 Å². The van der Waals surface area contributed by atoms with Crippen LogP contribution in [0.15, 0.2) is 30.3 Å². The van der Waals surface area contributed by atoms with E-state index in [-0.39, 0.29) is 0 Å². The molecule has 1 saturated heterocycles. The van der Waals surface area contributed by atoms with Gasteiger partial charge >= 0.3 is 0 Å². The lowest BCUT2D eigenvalue weighted by Gasteiger charge is -2.09. The van der Waals surface area contributed by atoms with Crippen molar-refractivity contribution in [1.82, 2.24) is 0 Å². The largest absolute Gasteiger partial charge is 0.395 e. The van der Waals surface area contributed by atoms with Crippen LogP contribution < -0.4 is 0 Å². The fourth-order valence-electron chi connectivity index (χ4n) is 1.75. The third kappa shape index (κ3) is 2.06. The summed E-state index contributed by atoms with van der Waals surface area (Å²) in [6.45, 7) is 0.327. The molecule has 1 aliphatic rings. The molecule has 1 aliphatic heterocycles. The van der Waals surface area contributed by atoms with Gasteiger partial charge in [0.05, 0.1) is 6.61 Å². The Morgan fingerprint density at radius 3 is 2.62 bits per heavy atom. The Bertz CT molecular complexity index is 260. The Labute approximate surface area is 83.2 Å². The number of benzene rings is 1. The Balaban J connectivity index is 2.04. The van der Waals surface area contributed by atoms with Gasteiger partial charge in [-0.1, -0.05) is 30.3 Å². The summed E-state index contributed by atoms with van der Waals surface area (Å²) in [4.78, 5) is 0. The smallest absolute Gasteiger partial charge is 0.0550 e. The fraction of sp³-hybridized carbons (Fsp3) is 0.455. The molecule has 1 aromatic carbocycles. The van der Waals surface area contributed by atoms with Gasteiger partial charge < -0.3 is 5.11 Å². The molecule has 2 heteroatoms. The van der Waals surface area contributed by atoms with Crippen molar-refractivity contribution in [3.63, 3.8) is 0 Å². The van der Waals surface area contributed by atoms with E-state index in [1.54, 1.807) is 0 Å². The van der Waals surface area contributed by atoms with Crippen molar-refractivity contribution < 1.29 is 5.11 Å². The Morgan fingerprint density at radius 2 is 2.00 bits per heavy atom. The third-order valence-corrected chi connectivity index (χ3v) is 4.09. The first kappa shape index (κ1) is 9.10. The maximum Gasteiger partial charge on any atom is 0.0550 e. The molecule has 0 aliphatic carbocycles. The van der Waals surface area contributed by atoms with Crippen LogP contribution in [0.4, 0.5) is 0 Å². The fourth-order valence-corrected chi connectivity index (χ4v) is 3.16. The van der Waals surface area contributed by atoms with Crippen molar-refractivity contribution in [1.29, 1.82) is 0 Å². The molecule has 0 radical (unpaired) electrons. The molecule has 13 heavy (non-hydrogen) atoms. The van der Waals surface area contributed by atoms with Gasteiger partial charge in [-0.2, -0.15) is 0 Å². The molecule has 0 amide bonds. The van der Waals surface area contributed by atoms with Crippen molar-refractivity contribution in [2.45, 2.75) is 23.3 Å². The molecule has 70 valence electrons. The highest BCUT2D eigenvalue weighted by atomic mass is 32.2. The van der Waals surface area contributed by atoms with Crippen LogP contribution in [-0.4, -0.2) is 17.0 Å². The number of aliphatic hydroxyl groups excluding tert-OH is 1. The summed E-state index contributed by atoms with van der Waals surface area (Å²) in [6, 6.07) is 10.6. The standard InChI is InChI=1S/C11H14OS/c12-8-10-6-7-11(13-10)9-4-2-1-3-5-9/h1-5,10-12H,6-8H2/t10-,11?/m0/s1. The molecule has 1 heterocycles. The van der Waals surface area contributed by atoms with Crippen molar-refractivity contribution in [2.75, 3.05) is 6.61 Å². The lowest BCUT2D eigenvalue weighted by Crippen LogP contribution is -2.01. The highest BCUT2D eigenvalue weighted by Gasteiger charge is 2.25. The molecule has 1 nitrogen and oxygen atoms in total. The topological polar surface area (TPSA) is 20.2 Å². The molecule has 2 atom stereocenters. The van der Waals surface area contributed by atoms with Crippen molar-refractivity contribution in [3.8, 4) is 0 Å². The first-order chi connectivity index (χ1) is 6.40. The van der Waals surface area contributed by atoms with Crippen LogP contribution in [0.25, 0.3) is 0 Å². The van der Waals surface area contributed by atoms with E-state index in [1.807, 2.05) is 17.8 Å². The van der Waals surface area contributed by atoms with Gasteiger partial charge in [0, 0.05) is 10.5 Å². The summed E-state index contributed by atoms with van der Waals surface area (Å²) < 4.78 is 0. The summed E-state index contributed by atoms with van der Waals surface area (Å²) in [5, 5.41) is 10.1. The van der Waals surface area contributed by atoms with Crippen LogP contribution in [0, 0.1) is 0 Å². The highest BCUT2D eigenvalue weighted by Crippen LogP contribution is 2.44. The maximum atomic E-state index is 9.01. The molecule has 1 unspecified atom stereocenters. The number of thioether (sulfide) groups is 1. The van der Waals surface area contributed by atoms with Crippen LogP contribution in [0.5, 0.6) is 0 Å². The molecule has 1 aromatic rings. The van der Waals surface area contributed by atoms with E-state index >= 15 is 0 Å². The van der Waals surface area contributed by atoms with Gasteiger partial charge in [0.25, 0.3) is 0 Å². The summed E-state index contributed by atoms with van der Waals surface area (Å²) in [6.07, 6.45) is 2.36. The van der Waals surface area contributed by atoms with E-state index in [2.05, 4.69) is 24.3 Å². The molecule has 2 rings (SSSR count). The molecular weight excluding hydrogens is 180 g/mol. The van der Waals surface area contributed by atoms with Crippen LogP contribution in [0.3, 0.4) is 0 Å². The number of rotatable bonds is 2. The first-order valence-corrected chi connectivity index (χ1v) is 5.65. The predicted molar refractivity (Wildman–Crippen MR) is 56.9 cm³/mol. The zero-order chi connectivity index (χ0) is 9.10. The number of hydrogen-bond donors (Lipinski definition) is 1. The zero-order valence-corrected chi connectivity index (χ0v) is 8.33. The zero-order valence-electron chi connectivity index (χ0n) is 7.52. The predicted octanol–water partition coefficient (Wildman–Crippen LogP) is 2.62. The Hall–Kier alpha value is -0.470. The summed E-state index contributed by atoms with van der Waals surface area (Å²) in [7, 11) is 0. The van der Waals surface area contributed by atoms with Gasteiger partial charge in [-0.25, -0.2) is 0 Å². The lowest BCUT2D eigenvalue weighted by molar-refractivity contribution is 0.292. The van der Waals surface area contributed by atoms with Gasteiger partial charge in [-0.05, 0) is 18.4 Å².